The van der Waals surface area contributed by atoms with Gasteiger partial charge in [-0.05, 0) is 73.4 Å². The molecule has 0 bridgehead atoms. The molecule has 7 heteroatoms. The van der Waals surface area contributed by atoms with Gasteiger partial charge in [0.2, 0.25) is 0 Å². The van der Waals surface area contributed by atoms with Gasteiger partial charge < -0.3 is 19.6 Å². The molecule has 3 aliphatic rings. The third kappa shape index (κ3) is 3.99. The number of nitrogens with zero attached hydrogens (tertiary/aromatic N) is 3. The van der Waals surface area contributed by atoms with E-state index >= 15 is 0 Å². The average molecular weight is 510 g/mol. The summed E-state index contributed by atoms with van der Waals surface area (Å²) in [5.74, 6) is -0.798. The zero-order valence-electron chi connectivity index (χ0n) is 21.7. The SMILES string of the molecule is Cc1ccccc1C1/C(=C(\O)c2ccc3c(c2)N(C)CCO3)C(=O)C(=O)N1c1ccc(N2CCCC2)cc1. The average Bonchev–Trinajstić information content (AvgIpc) is 3.56. The fourth-order valence-electron chi connectivity index (χ4n) is 5.74. The Morgan fingerprint density at radius 1 is 0.921 bits per heavy atom. The highest BCUT2D eigenvalue weighted by Gasteiger charge is 2.47. The number of Topliss-reactive ketones (excluding diaryl/α,β-unsaturated/α-hetero) is 1. The monoisotopic (exact) mass is 509 g/mol. The summed E-state index contributed by atoms with van der Waals surface area (Å²) in [5.41, 5.74) is 4.86. The minimum atomic E-state index is -0.751. The molecule has 1 atom stereocenters. The summed E-state index contributed by atoms with van der Waals surface area (Å²) in [5, 5.41) is 11.6. The van der Waals surface area contributed by atoms with Crippen LogP contribution in [0, 0.1) is 6.92 Å². The Morgan fingerprint density at radius 3 is 2.37 bits per heavy atom. The van der Waals surface area contributed by atoms with Crippen molar-refractivity contribution < 1.29 is 19.4 Å². The van der Waals surface area contributed by atoms with Gasteiger partial charge in [-0.15, -0.1) is 0 Å². The number of hydrogen-bond acceptors (Lipinski definition) is 6. The molecule has 2 saturated heterocycles. The molecule has 194 valence electrons. The number of likely N-dealkylation sites (N-methyl/N-ethyl adjacent to an activating group) is 1. The first-order valence-electron chi connectivity index (χ1n) is 13.1. The summed E-state index contributed by atoms with van der Waals surface area (Å²) in [7, 11) is 1.96. The third-order valence-corrected chi connectivity index (χ3v) is 7.85. The third-order valence-electron chi connectivity index (χ3n) is 7.85. The van der Waals surface area contributed by atoms with E-state index in [1.54, 1.807) is 12.1 Å². The van der Waals surface area contributed by atoms with E-state index in [9.17, 15) is 14.7 Å². The quantitative estimate of drug-likeness (QED) is 0.302. The summed E-state index contributed by atoms with van der Waals surface area (Å²) in [6.07, 6.45) is 2.35. The van der Waals surface area contributed by atoms with Crippen LogP contribution in [0.2, 0.25) is 0 Å². The van der Waals surface area contributed by atoms with Crippen LogP contribution in [0.3, 0.4) is 0 Å². The number of rotatable bonds is 4. The van der Waals surface area contributed by atoms with E-state index < -0.39 is 17.7 Å². The molecule has 0 saturated carbocycles. The Hall–Kier alpha value is -4.26. The van der Waals surface area contributed by atoms with E-state index in [4.69, 9.17) is 4.74 Å². The second kappa shape index (κ2) is 9.56. The van der Waals surface area contributed by atoms with Gasteiger partial charge in [-0.3, -0.25) is 14.5 Å². The van der Waals surface area contributed by atoms with Gasteiger partial charge in [-0.2, -0.15) is 0 Å². The standard InChI is InChI=1S/C31H31N3O4/c1-20-7-3-4-8-24(20)28-27(29(35)21-9-14-26-25(19-21)32(2)17-18-38-26)30(36)31(37)34(28)23-12-10-22(11-13-23)33-15-5-6-16-33/h3-4,7-14,19,28,35H,5-6,15-18H2,1-2H3/b29-27+. The van der Waals surface area contributed by atoms with Crippen LogP contribution in [-0.2, 0) is 9.59 Å². The predicted octanol–water partition coefficient (Wildman–Crippen LogP) is 5.05. The van der Waals surface area contributed by atoms with Crippen LogP contribution in [0.15, 0.2) is 72.3 Å². The zero-order chi connectivity index (χ0) is 26.4. The molecular formula is C31H31N3O4. The number of ether oxygens (including phenoxy) is 1. The van der Waals surface area contributed by atoms with Crippen molar-refractivity contribution in [2.24, 2.45) is 0 Å². The van der Waals surface area contributed by atoms with Crippen LogP contribution in [0.25, 0.3) is 5.76 Å². The predicted molar refractivity (Wildman–Crippen MR) is 149 cm³/mol. The highest BCUT2D eigenvalue weighted by Crippen LogP contribution is 2.44. The van der Waals surface area contributed by atoms with Crippen molar-refractivity contribution in [1.82, 2.24) is 0 Å². The molecule has 3 aromatic rings. The molecule has 7 nitrogen and oxygen atoms in total. The summed E-state index contributed by atoms with van der Waals surface area (Å²) < 4.78 is 5.75. The Bertz CT molecular complexity index is 1440. The first kappa shape index (κ1) is 24.1. The summed E-state index contributed by atoms with van der Waals surface area (Å²) in [4.78, 5) is 33.0. The maximum Gasteiger partial charge on any atom is 0.300 e. The first-order valence-corrected chi connectivity index (χ1v) is 13.1. The van der Waals surface area contributed by atoms with Crippen LogP contribution in [0.5, 0.6) is 5.75 Å². The van der Waals surface area contributed by atoms with Gasteiger partial charge >= 0.3 is 0 Å². The Kier molecular flexibility index (Phi) is 6.06. The zero-order valence-corrected chi connectivity index (χ0v) is 21.7. The van der Waals surface area contributed by atoms with Crippen LogP contribution < -0.4 is 19.4 Å². The van der Waals surface area contributed by atoms with E-state index in [0.717, 1.165) is 47.9 Å². The number of anilines is 3. The molecule has 3 aliphatic heterocycles. The van der Waals surface area contributed by atoms with E-state index in [-0.39, 0.29) is 11.3 Å². The fraction of sp³-hybridized carbons (Fsp3) is 0.290. The second-order valence-corrected chi connectivity index (χ2v) is 10.2. The Balaban J connectivity index is 1.48. The van der Waals surface area contributed by atoms with Gasteiger partial charge in [0.05, 0.1) is 23.8 Å². The molecule has 0 spiro atoms. The van der Waals surface area contributed by atoms with E-state index in [1.807, 2.05) is 68.6 Å². The summed E-state index contributed by atoms with van der Waals surface area (Å²) in [6, 6.07) is 20.1. The number of aliphatic hydroxyl groups is 1. The molecule has 1 amide bonds. The van der Waals surface area contributed by atoms with Crippen LogP contribution in [0.4, 0.5) is 17.1 Å². The lowest BCUT2D eigenvalue weighted by molar-refractivity contribution is -0.132. The van der Waals surface area contributed by atoms with Gasteiger partial charge in [-0.25, -0.2) is 0 Å². The van der Waals surface area contributed by atoms with Crippen molar-refractivity contribution in [1.29, 1.82) is 0 Å². The van der Waals surface area contributed by atoms with Crippen molar-refractivity contribution in [3.8, 4) is 5.75 Å². The molecular weight excluding hydrogens is 478 g/mol. The molecule has 0 aliphatic carbocycles. The van der Waals surface area contributed by atoms with Crippen LogP contribution in [-0.4, -0.2) is 50.1 Å². The maximum atomic E-state index is 13.6. The van der Waals surface area contributed by atoms with Gasteiger partial charge in [0.15, 0.2) is 0 Å². The largest absolute Gasteiger partial charge is 0.507 e. The lowest BCUT2D eigenvalue weighted by Gasteiger charge is -2.29. The van der Waals surface area contributed by atoms with Crippen molar-refractivity contribution >= 4 is 34.5 Å². The normalized spacial score (nSPS) is 20.6. The van der Waals surface area contributed by atoms with E-state index in [2.05, 4.69) is 9.80 Å². The number of benzene rings is 3. The van der Waals surface area contributed by atoms with Crippen molar-refractivity contribution in [3.05, 3.63) is 89.0 Å². The number of amides is 1. The molecule has 1 N–H and O–H groups in total. The number of ketones is 1. The molecule has 0 radical (unpaired) electrons. The van der Waals surface area contributed by atoms with Gasteiger partial charge in [-0.1, -0.05) is 24.3 Å². The molecule has 6 rings (SSSR count). The Morgan fingerprint density at radius 2 is 1.63 bits per heavy atom. The van der Waals surface area contributed by atoms with Crippen molar-refractivity contribution in [2.45, 2.75) is 25.8 Å². The number of fused-ring (bicyclic) bond motifs is 1. The van der Waals surface area contributed by atoms with Gasteiger partial charge in [0.25, 0.3) is 11.7 Å². The molecule has 38 heavy (non-hydrogen) atoms. The molecule has 0 aromatic heterocycles. The van der Waals surface area contributed by atoms with E-state index in [1.165, 1.54) is 17.7 Å². The number of carbonyl (C=O) groups excluding carboxylic acids is 2. The molecule has 2 fully saturated rings. The van der Waals surface area contributed by atoms with Gasteiger partial charge in [0, 0.05) is 37.1 Å². The number of hydrogen-bond donors (Lipinski definition) is 1. The highest BCUT2D eigenvalue weighted by molar-refractivity contribution is 6.51. The number of carbonyl (C=O) groups is 2. The molecule has 3 aromatic carbocycles. The molecule has 1 unspecified atom stereocenters. The summed E-state index contributed by atoms with van der Waals surface area (Å²) >= 11 is 0. The lowest BCUT2D eigenvalue weighted by Crippen LogP contribution is -2.30. The Labute approximate surface area is 222 Å². The first-order chi connectivity index (χ1) is 18.4. The van der Waals surface area contributed by atoms with Gasteiger partial charge in [0.1, 0.15) is 18.1 Å². The fourth-order valence-corrected chi connectivity index (χ4v) is 5.74. The van der Waals surface area contributed by atoms with Crippen molar-refractivity contribution in [2.75, 3.05) is 48.0 Å². The van der Waals surface area contributed by atoms with Crippen LogP contribution in [0.1, 0.15) is 35.6 Å². The minimum absolute atomic E-state index is 0.0900. The minimum Gasteiger partial charge on any atom is -0.507 e. The van der Waals surface area contributed by atoms with Crippen molar-refractivity contribution in [3.63, 3.8) is 0 Å². The summed E-state index contributed by atoms with van der Waals surface area (Å²) in [6.45, 7) is 5.31. The molecule has 3 heterocycles. The highest BCUT2D eigenvalue weighted by atomic mass is 16.5. The topological polar surface area (TPSA) is 73.3 Å². The smallest absolute Gasteiger partial charge is 0.300 e. The lowest BCUT2D eigenvalue weighted by atomic mass is 9.92. The van der Waals surface area contributed by atoms with E-state index in [0.29, 0.717) is 17.9 Å². The van der Waals surface area contributed by atoms with Crippen LogP contribution >= 0.6 is 0 Å². The maximum absolute atomic E-state index is 13.6. The number of aryl methyl sites for hydroxylation is 1. The number of aliphatic hydroxyl groups excluding tert-OH is 1. The second-order valence-electron chi connectivity index (χ2n) is 10.2.